The maximum Gasteiger partial charge on any atom is 0.0720 e. The van der Waals surface area contributed by atoms with Crippen LogP contribution in [-0.4, -0.2) is 12.5 Å². The molecular weight excluding hydrogens is 200 g/mol. The topological polar surface area (TPSA) is 74.8 Å². The number of aryl methyl sites for hydroxylation is 1. The summed E-state index contributed by atoms with van der Waals surface area (Å²) >= 11 is 5.54. The minimum atomic E-state index is 0.0521. The summed E-state index contributed by atoms with van der Waals surface area (Å²) in [5.41, 5.74) is 13.5. The molecule has 2 N–H and O–H groups in total. The fourth-order valence-electron chi connectivity index (χ4n) is 0.790. The Bertz CT molecular complexity index is 269. The van der Waals surface area contributed by atoms with Gasteiger partial charge >= 0.3 is 0 Å². The van der Waals surface area contributed by atoms with Crippen molar-refractivity contribution in [3.05, 3.63) is 46.3 Å². The van der Waals surface area contributed by atoms with Crippen molar-refractivity contribution in [2.45, 2.75) is 6.42 Å². The van der Waals surface area contributed by atoms with Gasteiger partial charge in [-0.2, -0.15) is 0 Å². The summed E-state index contributed by atoms with van der Waals surface area (Å²) in [4.78, 5) is 2.35. The van der Waals surface area contributed by atoms with Crippen molar-refractivity contribution < 1.29 is 0 Å². The molecule has 0 atom stereocenters. The van der Waals surface area contributed by atoms with Gasteiger partial charge in [-0.3, -0.25) is 0 Å². The van der Waals surface area contributed by atoms with E-state index in [-0.39, 0.29) is 6.67 Å². The van der Waals surface area contributed by atoms with Gasteiger partial charge < -0.3 is 5.73 Å². The van der Waals surface area contributed by atoms with Gasteiger partial charge in [0.25, 0.3) is 0 Å². The van der Waals surface area contributed by atoms with E-state index in [9.17, 15) is 0 Å². The molecule has 0 bridgehead atoms. The van der Waals surface area contributed by atoms with Crippen LogP contribution in [0.4, 0.5) is 0 Å². The highest BCUT2D eigenvalue weighted by Crippen LogP contribution is 1.99. The molecule has 0 heterocycles. The van der Waals surface area contributed by atoms with Crippen molar-refractivity contribution >= 4 is 11.6 Å². The van der Waals surface area contributed by atoms with Crippen LogP contribution in [0, 0.1) is 0 Å². The van der Waals surface area contributed by atoms with Crippen LogP contribution < -0.4 is 5.73 Å². The Kier molecular flexibility index (Phi) is 9.01. The fraction of sp³-hybridized carbons (Fsp3) is 0.333. The van der Waals surface area contributed by atoms with Crippen LogP contribution in [0.25, 0.3) is 10.4 Å². The lowest BCUT2D eigenvalue weighted by atomic mass is 10.2. The summed E-state index contributed by atoms with van der Waals surface area (Å²) in [5, 5.41) is 2.93. The van der Waals surface area contributed by atoms with Crippen LogP contribution in [0.1, 0.15) is 5.56 Å². The van der Waals surface area contributed by atoms with Crippen molar-refractivity contribution in [1.29, 1.82) is 0 Å². The van der Waals surface area contributed by atoms with E-state index in [4.69, 9.17) is 22.9 Å². The zero-order valence-corrected chi connectivity index (χ0v) is 8.56. The van der Waals surface area contributed by atoms with Crippen molar-refractivity contribution in [2.75, 3.05) is 12.5 Å². The van der Waals surface area contributed by atoms with Crippen LogP contribution >= 0.6 is 11.6 Å². The Morgan fingerprint density at radius 3 is 2.36 bits per heavy atom. The summed E-state index contributed by atoms with van der Waals surface area (Å²) in [7, 11) is 0. The van der Waals surface area contributed by atoms with Gasteiger partial charge in [-0.25, -0.2) is 0 Å². The minimum Gasteiger partial charge on any atom is -0.325 e. The van der Waals surface area contributed by atoms with Gasteiger partial charge in [-0.05, 0) is 17.5 Å². The van der Waals surface area contributed by atoms with Gasteiger partial charge in [-0.1, -0.05) is 35.4 Å². The monoisotopic (exact) mass is 212 g/mol. The molecule has 0 fully saturated rings. The highest BCUT2D eigenvalue weighted by Gasteiger charge is 1.85. The van der Waals surface area contributed by atoms with E-state index < -0.39 is 0 Å². The molecule has 0 aliphatic carbocycles. The number of azide groups is 1. The molecule has 1 aromatic rings. The van der Waals surface area contributed by atoms with Crippen molar-refractivity contribution in [2.24, 2.45) is 10.8 Å². The molecule has 76 valence electrons. The summed E-state index contributed by atoms with van der Waals surface area (Å²) in [5.74, 6) is 0.712. The molecule has 0 spiro atoms. The van der Waals surface area contributed by atoms with Crippen molar-refractivity contribution in [1.82, 2.24) is 0 Å². The molecule has 0 aliphatic heterocycles. The first-order valence-corrected chi connectivity index (χ1v) is 4.69. The summed E-state index contributed by atoms with van der Waals surface area (Å²) in [6.07, 6.45) is 0.975. The summed E-state index contributed by atoms with van der Waals surface area (Å²) in [6, 6.07) is 10.2. The molecule has 0 unspecified atom stereocenters. The quantitative estimate of drug-likeness (QED) is 0.356. The van der Waals surface area contributed by atoms with Crippen LogP contribution in [0.5, 0.6) is 0 Å². The van der Waals surface area contributed by atoms with Crippen LogP contribution in [0.2, 0.25) is 0 Å². The molecule has 14 heavy (non-hydrogen) atoms. The van der Waals surface area contributed by atoms with E-state index in [0.717, 1.165) is 6.42 Å². The Balaban J connectivity index is 0.000000292. The molecule has 0 aromatic heterocycles. The lowest BCUT2D eigenvalue weighted by Crippen LogP contribution is -1.89. The van der Waals surface area contributed by atoms with Gasteiger partial charge in [0.1, 0.15) is 0 Å². The van der Waals surface area contributed by atoms with Gasteiger partial charge in [-0.15, -0.1) is 11.6 Å². The summed E-state index contributed by atoms with van der Waals surface area (Å²) in [6.45, 7) is 0.0521. The number of benzene rings is 1. The third-order valence-corrected chi connectivity index (χ3v) is 1.56. The van der Waals surface area contributed by atoms with Gasteiger partial charge in [0.15, 0.2) is 0 Å². The average molecular weight is 213 g/mol. The second-order valence-electron chi connectivity index (χ2n) is 2.34. The van der Waals surface area contributed by atoms with E-state index >= 15 is 0 Å². The van der Waals surface area contributed by atoms with E-state index in [1.54, 1.807) is 0 Å². The SMILES string of the molecule is ClCCc1ccccc1.[N-]=[N+]=NCN. The molecule has 0 saturated heterocycles. The average Bonchev–Trinajstić information content (AvgIpc) is 2.22. The summed E-state index contributed by atoms with van der Waals surface area (Å²) < 4.78 is 0. The second kappa shape index (κ2) is 9.86. The number of rotatable bonds is 3. The standard InChI is InChI=1S/C8H9Cl.CH4N4/c9-7-6-8-4-2-1-3-5-8;2-1-4-5-3/h1-5H,6-7H2;1-2H2. The normalized spacial score (nSPS) is 8.14. The minimum absolute atomic E-state index is 0.0521. The molecule has 5 heteroatoms. The zero-order valence-electron chi connectivity index (χ0n) is 7.81. The molecule has 0 radical (unpaired) electrons. The lowest BCUT2D eigenvalue weighted by Gasteiger charge is -1.92. The first-order chi connectivity index (χ1) is 6.85. The first kappa shape index (κ1) is 12.8. The lowest BCUT2D eigenvalue weighted by molar-refractivity contribution is 1.05. The van der Waals surface area contributed by atoms with Crippen LogP contribution in [-0.2, 0) is 6.42 Å². The third-order valence-electron chi connectivity index (χ3n) is 1.37. The van der Waals surface area contributed by atoms with E-state index in [1.807, 2.05) is 18.2 Å². The largest absolute Gasteiger partial charge is 0.325 e. The fourth-order valence-corrected chi connectivity index (χ4v) is 1.01. The Hall–Kier alpha value is -1.22. The molecular formula is C9H13ClN4. The van der Waals surface area contributed by atoms with Gasteiger partial charge in [0, 0.05) is 10.8 Å². The van der Waals surface area contributed by atoms with Crippen LogP contribution in [0.3, 0.4) is 0 Å². The second-order valence-corrected chi connectivity index (χ2v) is 2.72. The zero-order chi connectivity index (χ0) is 10.6. The molecule has 0 aliphatic rings. The predicted molar refractivity (Wildman–Crippen MR) is 59.1 cm³/mol. The highest BCUT2D eigenvalue weighted by molar-refractivity contribution is 6.17. The molecule has 0 saturated carbocycles. The highest BCUT2D eigenvalue weighted by atomic mass is 35.5. The number of nitrogens with two attached hydrogens (primary N) is 1. The third kappa shape index (κ3) is 7.43. The number of hydrogen-bond donors (Lipinski definition) is 1. The maximum atomic E-state index is 7.44. The smallest absolute Gasteiger partial charge is 0.0720 e. The van der Waals surface area contributed by atoms with Crippen molar-refractivity contribution in [3.8, 4) is 0 Å². The first-order valence-electron chi connectivity index (χ1n) is 4.16. The molecule has 0 amide bonds. The van der Waals surface area contributed by atoms with Gasteiger partial charge in [0.05, 0.1) is 6.67 Å². The molecule has 1 aromatic carbocycles. The van der Waals surface area contributed by atoms with Gasteiger partial charge in [0.2, 0.25) is 0 Å². The number of alkyl halides is 1. The van der Waals surface area contributed by atoms with Crippen LogP contribution in [0.15, 0.2) is 35.4 Å². The Labute approximate surface area is 88.3 Å². The maximum absolute atomic E-state index is 7.44. The number of nitrogens with zero attached hydrogens (tertiary/aromatic N) is 3. The van der Waals surface area contributed by atoms with Crippen molar-refractivity contribution in [3.63, 3.8) is 0 Å². The Morgan fingerprint density at radius 2 is 2.00 bits per heavy atom. The van der Waals surface area contributed by atoms with E-state index in [0.29, 0.717) is 5.88 Å². The van der Waals surface area contributed by atoms with E-state index in [2.05, 4.69) is 22.2 Å². The number of halogens is 1. The molecule has 4 nitrogen and oxygen atoms in total. The van der Waals surface area contributed by atoms with E-state index in [1.165, 1.54) is 5.56 Å². The Morgan fingerprint density at radius 1 is 1.36 bits per heavy atom. The number of hydrogen-bond acceptors (Lipinski definition) is 2. The molecule has 1 rings (SSSR count). The predicted octanol–water partition coefficient (Wildman–Crippen LogP) is 2.68.